The summed E-state index contributed by atoms with van der Waals surface area (Å²) in [6.45, 7) is -1.35. The Morgan fingerprint density at radius 3 is 2.55 bits per heavy atom. The second kappa shape index (κ2) is 19.4. The van der Waals surface area contributed by atoms with E-state index in [0.29, 0.717) is 39.8 Å². The maximum Gasteiger partial charge on any atom is 0.333 e. The number of hydrogen-bond acceptors (Lipinski definition) is 18. The molecule has 15 atom stereocenters. The number of carbonyl (C=O) groups excluding carboxylic acids is 2. The summed E-state index contributed by atoms with van der Waals surface area (Å²) in [4.78, 5) is 42.0. The summed E-state index contributed by atoms with van der Waals surface area (Å²) in [5, 5.41) is 81.9. The molecule has 5 aromatic rings. The Bertz CT molecular complexity index is 3300. The molecule has 8 aliphatic rings. The molecule has 402 valence electrons. The van der Waals surface area contributed by atoms with Gasteiger partial charge in [-0.3, -0.25) is 9.59 Å². The molecular weight excluding hydrogens is 1000 g/mol. The normalized spacial score (nSPS) is 33.4. The topological polar surface area (TPSA) is 330 Å². The second-order valence-corrected chi connectivity index (χ2v) is 21.0. The van der Waals surface area contributed by atoms with Crippen molar-refractivity contribution in [1.82, 2.24) is 9.55 Å². The van der Waals surface area contributed by atoms with E-state index in [9.17, 15) is 50.1 Å². The van der Waals surface area contributed by atoms with Crippen molar-refractivity contribution in [1.29, 1.82) is 0 Å². The first kappa shape index (κ1) is 50.7. The number of nitrogens with two attached hydrogens (primary N) is 2. The molecule has 21 nitrogen and oxygen atoms in total. The molecule has 2 fully saturated rings. The molecule has 1 spiro atoms. The summed E-state index contributed by atoms with van der Waals surface area (Å²) in [6, 6.07) is 16.4. The lowest BCUT2D eigenvalue weighted by molar-refractivity contribution is -0.356. The van der Waals surface area contributed by atoms with Gasteiger partial charge < -0.3 is 94.7 Å². The van der Waals surface area contributed by atoms with Crippen molar-refractivity contribution >= 4 is 29.1 Å². The largest absolute Gasteiger partial charge is 0.487 e. The number of rotatable bonds is 10. The number of aliphatic hydroxyl groups is 6. The third-order valence-corrected chi connectivity index (χ3v) is 16.9. The van der Waals surface area contributed by atoms with Gasteiger partial charge in [0.1, 0.15) is 61.0 Å². The van der Waals surface area contributed by atoms with Gasteiger partial charge in [0.25, 0.3) is 0 Å². The molecule has 0 amide bonds. The first-order valence-corrected chi connectivity index (χ1v) is 25.5. The van der Waals surface area contributed by atoms with Crippen LogP contribution in [0.4, 0.5) is 0 Å². The van der Waals surface area contributed by atoms with E-state index in [-0.39, 0.29) is 80.6 Å². The van der Waals surface area contributed by atoms with Crippen LogP contribution in [0.25, 0.3) is 10.9 Å². The fourth-order valence-corrected chi connectivity index (χ4v) is 13.3. The van der Waals surface area contributed by atoms with Gasteiger partial charge in [0, 0.05) is 64.8 Å². The van der Waals surface area contributed by atoms with Crippen molar-refractivity contribution in [2.75, 3.05) is 13.4 Å². The lowest BCUT2D eigenvalue weighted by Crippen LogP contribution is -2.75. The summed E-state index contributed by atoms with van der Waals surface area (Å²) in [7, 11) is 0. The number of esters is 1. The monoisotopic (exact) mass is 1060 g/mol. The Kier molecular flexibility index (Phi) is 12.8. The Hall–Kier alpha value is -7.15. The number of benzene rings is 3. The fraction of sp³-hybridized carbons (Fsp3) is 0.446. The predicted molar refractivity (Wildman–Crippen MR) is 266 cm³/mol. The zero-order valence-electron chi connectivity index (χ0n) is 41.2. The maximum absolute atomic E-state index is 13.7. The van der Waals surface area contributed by atoms with E-state index in [0.717, 1.165) is 10.9 Å². The van der Waals surface area contributed by atoms with Gasteiger partial charge in [0.05, 0.1) is 35.8 Å². The average Bonchev–Trinajstić information content (AvgIpc) is 4.23. The van der Waals surface area contributed by atoms with Gasteiger partial charge in [-0.25, -0.2) is 0 Å². The third-order valence-electron chi connectivity index (χ3n) is 16.9. The molecule has 12 N–H and O–H groups in total. The number of aromatic amines is 1. The minimum atomic E-state index is -2.50. The Labute approximate surface area is 439 Å². The van der Waals surface area contributed by atoms with Crippen LogP contribution in [0.15, 0.2) is 67.0 Å². The molecule has 77 heavy (non-hydrogen) atoms. The summed E-state index contributed by atoms with van der Waals surface area (Å²) in [5.74, 6) is 4.61. The van der Waals surface area contributed by atoms with Gasteiger partial charge in [0.15, 0.2) is 30.0 Å². The fourth-order valence-electron chi connectivity index (χ4n) is 13.3. The van der Waals surface area contributed by atoms with E-state index in [1.165, 1.54) is 0 Å². The lowest BCUT2D eigenvalue weighted by atomic mass is 9.61. The number of ether oxygens (including phenoxy) is 7. The van der Waals surface area contributed by atoms with Crippen LogP contribution in [0, 0.1) is 46.9 Å². The summed E-state index contributed by atoms with van der Waals surface area (Å²) >= 11 is 0. The highest BCUT2D eigenvalue weighted by molar-refractivity contribution is 5.97. The van der Waals surface area contributed by atoms with Crippen LogP contribution in [0.2, 0.25) is 0 Å². The van der Waals surface area contributed by atoms with Crippen LogP contribution in [-0.2, 0) is 43.4 Å². The van der Waals surface area contributed by atoms with Gasteiger partial charge in [-0.05, 0) is 54.9 Å². The zero-order valence-corrected chi connectivity index (χ0v) is 41.2. The number of carboxylic acid groups (broad SMARTS) is 1. The molecule has 2 aromatic heterocycles. The zero-order chi connectivity index (χ0) is 53.7. The number of carboxylic acids is 1. The van der Waals surface area contributed by atoms with E-state index in [4.69, 9.17) is 44.6 Å². The van der Waals surface area contributed by atoms with Crippen LogP contribution >= 0.6 is 0 Å². The van der Waals surface area contributed by atoms with Crippen LogP contribution in [0.5, 0.6) is 28.7 Å². The number of aromatic nitrogens is 2. The molecule has 21 heteroatoms. The number of H-pyrrole nitrogens is 1. The predicted octanol–water partition coefficient (Wildman–Crippen LogP) is 1.33. The molecule has 9 bridgehead atoms. The number of fused-ring (bicyclic) bond motifs is 10. The van der Waals surface area contributed by atoms with Crippen LogP contribution in [0.3, 0.4) is 0 Å². The summed E-state index contributed by atoms with van der Waals surface area (Å²) in [6.07, 6.45) is -10.0. The summed E-state index contributed by atoms with van der Waals surface area (Å²) < 4.78 is 47.6. The first-order valence-electron chi connectivity index (χ1n) is 25.5. The first-order chi connectivity index (χ1) is 37.2. The van der Waals surface area contributed by atoms with Gasteiger partial charge >= 0.3 is 11.9 Å². The standard InChI is InChI=1S/C56H56N4O17/c57-51(58)49-48-43(65)50(66)56(70)54(77-48)74-38-18-39-40(47-41-32-10-11-37(72-25-63)46(45(32)75-47)71-24-30(64)7-9-31(44(41)73-39)27-4-2-1-3-5-27)35(22-60-21-29-13-16-59-42(29)36(60)23-62)34(38)20-55(56)15-12-28(19-55)26(14-17-61)6-8-33(52(67)68)53(69)76-49/h1-5,10-11,13,16-18,21,26,28,30-31,33,41,43-44,47-51,54,59,62-66,70H,12,14-15,19-20,22-25,57-58H2,(H,67,68). The minimum Gasteiger partial charge on any atom is -0.487 e. The number of aldehydes is 1. The van der Waals surface area contributed by atoms with Crippen molar-refractivity contribution in [2.45, 2.75) is 118 Å². The van der Waals surface area contributed by atoms with Gasteiger partial charge in [-0.1, -0.05) is 60.1 Å². The van der Waals surface area contributed by atoms with Crippen molar-refractivity contribution in [3.8, 4) is 52.4 Å². The number of nitrogens with one attached hydrogen (secondary N) is 1. The SMILES string of the molecule is NC(N)C1OC(=O)C(C(=O)O)C#CC(CC=O)C2CCC3(Cc4c(cc5c(c4Cn4cc6cc[nH]c6c4CO)C4Oc6c7ccc(OCO)c6OCC(O)C#CC(c6ccccc6)C(O5)C74)OC4OC1C(O)C(O)C43O)C2. The second-order valence-electron chi connectivity index (χ2n) is 21.0. The highest BCUT2D eigenvalue weighted by atomic mass is 16.7. The molecular formula is C56H56N4O17. The van der Waals surface area contributed by atoms with E-state index >= 15 is 0 Å². The Balaban J connectivity index is 1.12. The summed E-state index contributed by atoms with van der Waals surface area (Å²) in [5.41, 5.74) is 12.6. The number of aliphatic carboxylic acids is 1. The average molecular weight is 1060 g/mol. The highest BCUT2D eigenvalue weighted by Crippen LogP contribution is 2.65. The quantitative estimate of drug-likeness (QED) is 0.0310. The number of nitrogens with zero attached hydrogens (tertiary/aromatic N) is 1. The van der Waals surface area contributed by atoms with Crippen molar-refractivity contribution < 1.29 is 83.3 Å². The van der Waals surface area contributed by atoms with E-state index in [2.05, 4.69) is 28.7 Å². The van der Waals surface area contributed by atoms with Crippen molar-refractivity contribution in [2.24, 2.45) is 34.6 Å². The Morgan fingerprint density at radius 2 is 1.79 bits per heavy atom. The smallest absolute Gasteiger partial charge is 0.333 e. The van der Waals surface area contributed by atoms with E-state index < -0.39 is 115 Å². The number of carbonyl (C=O) groups is 3. The third kappa shape index (κ3) is 8.02. The minimum absolute atomic E-state index is 0.0188. The van der Waals surface area contributed by atoms with Gasteiger partial charge in [-0.15, -0.1) is 0 Å². The molecule has 1 saturated carbocycles. The van der Waals surface area contributed by atoms with E-state index in [1.54, 1.807) is 18.3 Å². The van der Waals surface area contributed by atoms with Crippen LogP contribution in [0.1, 0.15) is 77.1 Å². The molecule has 15 unspecified atom stereocenters. The van der Waals surface area contributed by atoms with Gasteiger partial charge in [-0.2, -0.15) is 0 Å². The number of hydrogen-bond donors (Lipinski definition) is 10. The van der Waals surface area contributed by atoms with Gasteiger partial charge in [0.2, 0.25) is 18.0 Å². The van der Waals surface area contributed by atoms with E-state index in [1.807, 2.05) is 53.2 Å². The van der Waals surface area contributed by atoms with Crippen LogP contribution in [-0.4, -0.2) is 132 Å². The molecule has 3 aromatic carbocycles. The molecule has 1 aliphatic carbocycles. The molecule has 9 heterocycles. The lowest BCUT2D eigenvalue weighted by Gasteiger charge is -2.55. The number of aliphatic hydroxyl groups excluding tert-OH is 5. The molecule has 1 saturated heterocycles. The highest BCUT2D eigenvalue weighted by Gasteiger charge is 2.70. The Morgan fingerprint density at radius 1 is 0.974 bits per heavy atom. The molecule has 0 radical (unpaired) electrons. The van der Waals surface area contributed by atoms with Crippen LogP contribution < -0.4 is 35.2 Å². The maximum atomic E-state index is 13.7. The molecule has 7 aliphatic heterocycles. The van der Waals surface area contributed by atoms with Crippen molar-refractivity contribution in [3.63, 3.8) is 0 Å². The van der Waals surface area contributed by atoms with Crippen molar-refractivity contribution in [3.05, 3.63) is 101 Å². The molecule has 13 rings (SSSR count).